The first-order valence-corrected chi connectivity index (χ1v) is 13.3. The van der Waals surface area contributed by atoms with Crippen molar-refractivity contribution in [3.63, 3.8) is 0 Å². The summed E-state index contributed by atoms with van der Waals surface area (Å²) in [5.41, 5.74) is 1.19. The summed E-state index contributed by atoms with van der Waals surface area (Å²) in [7, 11) is 1.48. The Morgan fingerprint density at radius 1 is 0.974 bits per heavy atom. The highest BCUT2D eigenvalue weighted by Crippen LogP contribution is 2.35. The van der Waals surface area contributed by atoms with E-state index in [1.165, 1.54) is 19.2 Å². The zero-order valence-electron chi connectivity index (χ0n) is 22.0. The fourth-order valence-corrected chi connectivity index (χ4v) is 5.89. The molecule has 2 aromatic carbocycles. The van der Waals surface area contributed by atoms with Crippen molar-refractivity contribution >= 4 is 17.5 Å². The second-order valence-corrected chi connectivity index (χ2v) is 10.1. The molecule has 1 fully saturated rings. The molecule has 1 saturated heterocycles. The average Bonchev–Trinajstić information content (AvgIpc) is 2.90. The van der Waals surface area contributed by atoms with Crippen LogP contribution in [0.1, 0.15) is 55.7 Å². The Labute approximate surface area is 222 Å². The Bertz CT molecular complexity index is 1120. The number of anilines is 1. The molecule has 0 aromatic heterocycles. The number of carbonyl (C=O) groups excluding carboxylic acids is 2. The largest absolute Gasteiger partial charge is 0.416 e. The molecule has 2 bridgehead atoms. The maximum Gasteiger partial charge on any atom is 0.416 e. The van der Waals surface area contributed by atoms with Crippen LogP contribution >= 0.6 is 0 Å². The van der Waals surface area contributed by atoms with Gasteiger partial charge in [-0.3, -0.25) is 14.5 Å². The second-order valence-electron chi connectivity index (χ2n) is 10.1. The molecule has 38 heavy (non-hydrogen) atoms. The number of hydrogen-bond donors (Lipinski definition) is 0. The number of fused-ring (bicyclic) bond motifs is 3. The summed E-state index contributed by atoms with van der Waals surface area (Å²) >= 11 is 0. The number of para-hydroxylation sites is 1. The number of rotatable bonds is 5. The number of benzene rings is 2. The standard InChI is InChI=1S/C29H36F3N3O3/c1-3-27(36)34-16-15-23-11-8-12-24(35(23)28(37)20-38-2)19-33(18-22-10-5-7-14-26(22)34)17-21-9-4-6-13-25(21)29(30,31)32/h4-7,9-10,13-14,23-24H,3,8,11-12,15-20H2,1-2H3. The number of alkyl halides is 3. The summed E-state index contributed by atoms with van der Waals surface area (Å²) in [6, 6.07) is 13.0. The van der Waals surface area contributed by atoms with E-state index in [9.17, 15) is 22.8 Å². The topological polar surface area (TPSA) is 53.1 Å². The van der Waals surface area contributed by atoms with Gasteiger partial charge in [-0.2, -0.15) is 13.2 Å². The number of halogens is 3. The maximum absolute atomic E-state index is 13.9. The number of methoxy groups -OCH3 is 1. The lowest BCUT2D eigenvalue weighted by atomic mass is 9.92. The molecule has 2 atom stereocenters. The van der Waals surface area contributed by atoms with Gasteiger partial charge in [0.05, 0.1) is 5.56 Å². The van der Waals surface area contributed by atoms with Crippen molar-refractivity contribution in [1.29, 1.82) is 0 Å². The number of hydrogen-bond acceptors (Lipinski definition) is 4. The highest BCUT2D eigenvalue weighted by atomic mass is 19.4. The molecule has 0 spiro atoms. The van der Waals surface area contributed by atoms with Gasteiger partial charge in [0.1, 0.15) is 6.61 Å². The molecule has 4 rings (SSSR count). The highest BCUT2D eigenvalue weighted by Gasteiger charge is 2.37. The minimum atomic E-state index is -4.47. The minimum absolute atomic E-state index is 0.0206. The van der Waals surface area contributed by atoms with Gasteiger partial charge in [-0.15, -0.1) is 0 Å². The Hall–Kier alpha value is -2.91. The molecule has 0 N–H and O–H groups in total. The van der Waals surface area contributed by atoms with Gasteiger partial charge in [-0.1, -0.05) is 43.3 Å². The molecule has 2 unspecified atom stereocenters. The predicted octanol–water partition coefficient (Wildman–Crippen LogP) is 5.25. The van der Waals surface area contributed by atoms with Crippen LogP contribution in [0.4, 0.5) is 18.9 Å². The van der Waals surface area contributed by atoms with Crippen molar-refractivity contribution < 1.29 is 27.5 Å². The lowest BCUT2D eigenvalue weighted by Crippen LogP contribution is -2.55. The van der Waals surface area contributed by atoms with Crippen molar-refractivity contribution in [2.45, 2.75) is 70.4 Å². The lowest BCUT2D eigenvalue weighted by molar-refractivity contribution is -0.143. The maximum atomic E-state index is 13.9. The third-order valence-corrected chi connectivity index (χ3v) is 7.57. The molecule has 0 radical (unpaired) electrons. The van der Waals surface area contributed by atoms with E-state index in [4.69, 9.17) is 4.74 Å². The van der Waals surface area contributed by atoms with Crippen LogP contribution in [0.25, 0.3) is 0 Å². The number of carbonyl (C=O) groups is 2. The summed E-state index contributed by atoms with van der Waals surface area (Å²) in [6.45, 7) is 3.08. The van der Waals surface area contributed by atoms with E-state index in [1.807, 2.05) is 41.0 Å². The Morgan fingerprint density at radius 2 is 1.68 bits per heavy atom. The first-order chi connectivity index (χ1) is 18.2. The summed E-state index contributed by atoms with van der Waals surface area (Å²) in [5.74, 6) is -0.143. The van der Waals surface area contributed by atoms with Crippen LogP contribution in [-0.4, -0.2) is 60.5 Å². The lowest BCUT2D eigenvalue weighted by Gasteiger charge is -2.44. The van der Waals surface area contributed by atoms with E-state index in [2.05, 4.69) is 0 Å². The van der Waals surface area contributed by atoms with E-state index in [0.29, 0.717) is 32.5 Å². The molecule has 0 aliphatic carbocycles. The van der Waals surface area contributed by atoms with Gasteiger partial charge in [0.15, 0.2) is 0 Å². The van der Waals surface area contributed by atoms with E-state index in [-0.39, 0.29) is 42.6 Å². The average molecular weight is 532 g/mol. The van der Waals surface area contributed by atoms with Crippen LogP contribution in [0.2, 0.25) is 0 Å². The predicted molar refractivity (Wildman–Crippen MR) is 139 cm³/mol. The minimum Gasteiger partial charge on any atom is -0.375 e. The molecule has 2 aliphatic rings. The van der Waals surface area contributed by atoms with Crippen molar-refractivity contribution in [2.24, 2.45) is 0 Å². The van der Waals surface area contributed by atoms with Gasteiger partial charge < -0.3 is 14.5 Å². The molecule has 9 heteroatoms. The van der Waals surface area contributed by atoms with Crippen LogP contribution < -0.4 is 4.90 Å². The van der Waals surface area contributed by atoms with Crippen molar-refractivity contribution in [3.05, 3.63) is 65.2 Å². The van der Waals surface area contributed by atoms with Gasteiger partial charge in [0.2, 0.25) is 11.8 Å². The van der Waals surface area contributed by atoms with E-state index in [0.717, 1.165) is 36.6 Å². The van der Waals surface area contributed by atoms with Gasteiger partial charge in [0.25, 0.3) is 0 Å². The zero-order chi connectivity index (χ0) is 27.3. The molecule has 6 nitrogen and oxygen atoms in total. The Balaban J connectivity index is 1.78. The van der Waals surface area contributed by atoms with E-state index >= 15 is 0 Å². The smallest absolute Gasteiger partial charge is 0.375 e. The van der Waals surface area contributed by atoms with Crippen LogP contribution in [-0.2, 0) is 33.6 Å². The molecule has 2 aliphatic heterocycles. The van der Waals surface area contributed by atoms with Gasteiger partial charge in [-0.05, 0) is 48.9 Å². The van der Waals surface area contributed by atoms with Crippen LogP contribution in [0.5, 0.6) is 0 Å². The number of amides is 2. The molecule has 0 saturated carbocycles. The first kappa shape index (κ1) is 28.1. The van der Waals surface area contributed by atoms with Gasteiger partial charge in [0, 0.05) is 57.5 Å². The van der Waals surface area contributed by atoms with E-state index < -0.39 is 11.7 Å². The Kier molecular flexibility index (Phi) is 9.10. The van der Waals surface area contributed by atoms with Crippen LogP contribution in [0.3, 0.4) is 0 Å². The monoisotopic (exact) mass is 531 g/mol. The molecular formula is C29H36F3N3O3. The number of piperidine rings is 1. The first-order valence-electron chi connectivity index (χ1n) is 13.3. The third-order valence-electron chi connectivity index (χ3n) is 7.57. The van der Waals surface area contributed by atoms with Crippen molar-refractivity contribution in [2.75, 3.05) is 31.7 Å². The molecule has 206 valence electrons. The van der Waals surface area contributed by atoms with Crippen LogP contribution in [0, 0.1) is 0 Å². The van der Waals surface area contributed by atoms with Crippen LogP contribution in [0.15, 0.2) is 48.5 Å². The quantitative estimate of drug-likeness (QED) is 0.529. The highest BCUT2D eigenvalue weighted by molar-refractivity contribution is 5.94. The number of nitrogens with zero attached hydrogens (tertiary/aromatic N) is 3. The normalized spacial score (nSPS) is 21.0. The second kappa shape index (κ2) is 12.3. The zero-order valence-corrected chi connectivity index (χ0v) is 22.0. The Morgan fingerprint density at radius 3 is 2.42 bits per heavy atom. The SMILES string of the molecule is CCC(=O)N1CCC2CCCC(CN(Cc3ccccc3C(F)(F)F)Cc3ccccc31)N2C(=O)COC. The molecular weight excluding hydrogens is 495 g/mol. The fraction of sp³-hybridized carbons (Fsp3) is 0.517. The summed E-state index contributed by atoms with van der Waals surface area (Å²) in [5, 5.41) is 0. The van der Waals surface area contributed by atoms with E-state index in [1.54, 1.807) is 11.0 Å². The fourth-order valence-electron chi connectivity index (χ4n) is 5.89. The molecule has 2 heterocycles. The van der Waals surface area contributed by atoms with Crippen molar-refractivity contribution in [1.82, 2.24) is 9.80 Å². The van der Waals surface area contributed by atoms with Crippen molar-refractivity contribution in [3.8, 4) is 0 Å². The number of ether oxygens (including phenoxy) is 1. The van der Waals surface area contributed by atoms with Gasteiger partial charge >= 0.3 is 6.18 Å². The summed E-state index contributed by atoms with van der Waals surface area (Å²) in [6.07, 6.45) is -1.02. The summed E-state index contributed by atoms with van der Waals surface area (Å²) in [4.78, 5) is 32.0. The van der Waals surface area contributed by atoms with Gasteiger partial charge in [-0.25, -0.2) is 0 Å². The summed E-state index contributed by atoms with van der Waals surface area (Å²) < 4.78 is 46.8. The molecule has 2 amide bonds. The molecule has 2 aromatic rings. The third kappa shape index (κ3) is 6.38.